The molecule has 2 aromatic rings. The highest BCUT2D eigenvalue weighted by Crippen LogP contribution is 2.40. The Morgan fingerprint density at radius 3 is 1.24 bits per heavy atom. The van der Waals surface area contributed by atoms with Crippen molar-refractivity contribution in [1.82, 2.24) is 0 Å². The predicted octanol–water partition coefficient (Wildman–Crippen LogP) is 7.59. The van der Waals surface area contributed by atoms with Gasteiger partial charge in [0.15, 0.2) is 0 Å². The van der Waals surface area contributed by atoms with E-state index in [0.29, 0.717) is 0 Å². The third kappa shape index (κ3) is 5.74. The maximum atomic E-state index is 13.6. The molecular formula is C28H38O4S. The highest BCUT2D eigenvalue weighted by molar-refractivity contribution is 7.91. The summed E-state index contributed by atoms with van der Waals surface area (Å²) in [4.78, 5) is 0.457. The van der Waals surface area contributed by atoms with Gasteiger partial charge in [0.1, 0.15) is 11.5 Å². The number of phenols is 2. The summed E-state index contributed by atoms with van der Waals surface area (Å²) >= 11 is 0. The lowest BCUT2D eigenvalue weighted by atomic mass is 9.85. The minimum Gasteiger partial charge on any atom is -0.508 e. The number of hydrogen-bond donors (Lipinski definition) is 2. The monoisotopic (exact) mass is 470 g/mol. The average Bonchev–Trinajstić information content (AvgIpc) is 2.74. The molecule has 0 radical (unpaired) electrons. The molecule has 2 aromatic carbocycles. The molecule has 4 rings (SSSR count). The zero-order valence-electron chi connectivity index (χ0n) is 19.6. The van der Waals surface area contributed by atoms with Crippen LogP contribution in [-0.2, 0) is 9.84 Å². The van der Waals surface area contributed by atoms with E-state index >= 15 is 0 Å². The molecule has 0 aliphatic heterocycles. The summed E-state index contributed by atoms with van der Waals surface area (Å²) in [7, 11) is -3.75. The van der Waals surface area contributed by atoms with E-state index in [0.717, 1.165) is 62.5 Å². The molecule has 4 nitrogen and oxygen atoms in total. The average molecular weight is 471 g/mol. The van der Waals surface area contributed by atoms with Crippen LogP contribution in [0.2, 0.25) is 0 Å². The molecule has 2 saturated carbocycles. The molecule has 0 heterocycles. The first-order chi connectivity index (χ1) is 16.0. The van der Waals surface area contributed by atoms with Gasteiger partial charge in [-0.3, -0.25) is 0 Å². The second-order valence-corrected chi connectivity index (χ2v) is 12.0. The molecule has 0 bridgehead atoms. The van der Waals surface area contributed by atoms with Crippen LogP contribution in [-0.4, -0.2) is 18.6 Å². The number of benzene rings is 2. The van der Waals surface area contributed by atoms with Crippen molar-refractivity contribution in [3.05, 3.63) is 47.5 Å². The number of sulfone groups is 1. The molecule has 0 aromatic heterocycles. The Kier molecular flexibility index (Phi) is 8.00. The maximum absolute atomic E-state index is 13.6. The lowest BCUT2D eigenvalue weighted by Gasteiger charge is -2.22. The quantitative estimate of drug-likeness (QED) is 0.483. The molecule has 0 spiro atoms. The van der Waals surface area contributed by atoms with Crippen molar-refractivity contribution in [1.29, 1.82) is 0 Å². The van der Waals surface area contributed by atoms with Crippen molar-refractivity contribution in [2.75, 3.05) is 0 Å². The molecule has 0 atom stereocenters. The molecule has 2 N–H and O–H groups in total. The smallest absolute Gasteiger partial charge is 0.206 e. The van der Waals surface area contributed by atoms with Gasteiger partial charge >= 0.3 is 0 Å². The fraction of sp³-hybridized carbons (Fsp3) is 0.571. The van der Waals surface area contributed by atoms with E-state index in [4.69, 9.17) is 0 Å². The van der Waals surface area contributed by atoms with Gasteiger partial charge in [0.25, 0.3) is 0 Å². The molecule has 5 heteroatoms. The van der Waals surface area contributed by atoms with Crippen LogP contribution in [0.5, 0.6) is 11.5 Å². The predicted molar refractivity (Wildman–Crippen MR) is 132 cm³/mol. The van der Waals surface area contributed by atoms with Crippen LogP contribution in [0, 0.1) is 0 Å². The molecule has 2 aliphatic rings. The lowest BCUT2D eigenvalue weighted by Crippen LogP contribution is -2.08. The van der Waals surface area contributed by atoms with Crippen LogP contribution < -0.4 is 0 Å². The van der Waals surface area contributed by atoms with E-state index in [1.54, 1.807) is 12.1 Å². The first kappa shape index (κ1) is 24.1. The number of hydrogen-bond acceptors (Lipinski definition) is 4. The standard InChI is InChI=1S/C28H38O4S/c29-27-17-15-23(19-25(27)21-11-7-3-1-4-8-12-21)33(31,32)24-16-18-28(30)26(20-24)22-13-9-5-2-6-10-14-22/h15-22,29-30H,1-14H2. The molecule has 2 fully saturated rings. The van der Waals surface area contributed by atoms with Crippen molar-refractivity contribution in [3.63, 3.8) is 0 Å². The van der Waals surface area contributed by atoms with Crippen LogP contribution >= 0.6 is 0 Å². The van der Waals surface area contributed by atoms with Crippen LogP contribution in [0.25, 0.3) is 0 Å². The minimum atomic E-state index is -3.75. The maximum Gasteiger partial charge on any atom is 0.206 e. The van der Waals surface area contributed by atoms with E-state index in [1.165, 1.54) is 62.8 Å². The molecule has 0 unspecified atom stereocenters. The summed E-state index contributed by atoms with van der Waals surface area (Å²) in [6.07, 6.45) is 15.7. The Balaban J connectivity index is 1.65. The molecule has 0 amide bonds. The van der Waals surface area contributed by atoms with Gasteiger partial charge < -0.3 is 10.2 Å². The molecule has 0 saturated heterocycles. The van der Waals surface area contributed by atoms with Crippen molar-refractivity contribution < 1.29 is 18.6 Å². The summed E-state index contributed by atoms with van der Waals surface area (Å²) < 4.78 is 27.2. The van der Waals surface area contributed by atoms with E-state index in [9.17, 15) is 18.6 Å². The Morgan fingerprint density at radius 1 is 0.545 bits per heavy atom. The van der Waals surface area contributed by atoms with E-state index < -0.39 is 9.84 Å². The number of phenolic OH excluding ortho intramolecular Hbond substituents is 2. The first-order valence-electron chi connectivity index (χ1n) is 12.9. The molecule has 2 aliphatic carbocycles. The molecular weight excluding hydrogens is 432 g/mol. The largest absolute Gasteiger partial charge is 0.508 e. The highest BCUT2D eigenvalue weighted by Gasteiger charge is 2.25. The molecule has 180 valence electrons. The van der Waals surface area contributed by atoms with E-state index in [-0.39, 0.29) is 33.1 Å². The van der Waals surface area contributed by atoms with Crippen LogP contribution in [0.4, 0.5) is 0 Å². The lowest BCUT2D eigenvalue weighted by molar-refractivity contribution is 0.423. The zero-order valence-corrected chi connectivity index (χ0v) is 20.5. The Labute approximate surface area is 199 Å². The van der Waals surface area contributed by atoms with Crippen molar-refractivity contribution in [3.8, 4) is 11.5 Å². The summed E-state index contributed by atoms with van der Waals surface area (Å²) in [5.74, 6) is 0.789. The summed E-state index contributed by atoms with van der Waals surface area (Å²) in [6, 6.07) is 9.49. The van der Waals surface area contributed by atoms with Crippen LogP contribution in [0.15, 0.2) is 46.2 Å². The van der Waals surface area contributed by atoms with Gasteiger partial charge in [0.05, 0.1) is 9.79 Å². The third-order valence-electron chi connectivity index (χ3n) is 7.71. The fourth-order valence-electron chi connectivity index (χ4n) is 5.72. The van der Waals surface area contributed by atoms with Crippen LogP contribution in [0.1, 0.15) is 113 Å². The van der Waals surface area contributed by atoms with Crippen molar-refractivity contribution in [2.45, 2.75) is 112 Å². The second-order valence-electron chi connectivity index (χ2n) is 10.0. The minimum absolute atomic E-state index is 0.195. The summed E-state index contributed by atoms with van der Waals surface area (Å²) in [5, 5.41) is 21.1. The highest BCUT2D eigenvalue weighted by atomic mass is 32.2. The Hall–Kier alpha value is -2.01. The number of aromatic hydroxyl groups is 2. The van der Waals surface area contributed by atoms with E-state index in [2.05, 4.69) is 0 Å². The molecule has 33 heavy (non-hydrogen) atoms. The SMILES string of the molecule is O=S(=O)(c1ccc(O)c(C2CCCCCCC2)c1)c1ccc(O)c(C2CCCCCCC2)c1. The Morgan fingerprint density at radius 2 is 0.879 bits per heavy atom. The number of rotatable bonds is 4. The topological polar surface area (TPSA) is 74.6 Å². The van der Waals surface area contributed by atoms with Gasteiger partial charge in [-0.25, -0.2) is 8.42 Å². The normalized spacial score (nSPS) is 19.9. The second kappa shape index (κ2) is 10.9. The van der Waals surface area contributed by atoms with Gasteiger partial charge in [-0.2, -0.15) is 0 Å². The van der Waals surface area contributed by atoms with Gasteiger partial charge in [-0.15, -0.1) is 0 Å². The summed E-state index contributed by atoms with van der Waals surface area (Å²) in [6.45, 7) is 0. The van der Waals surface area contributed by atoms with Crippen molar-refractivity contribution >= 4 is 9.84 Å². The first-order valence-corrected chi connectivity index (χ1v) is 14.4. The zero-order chi connectivity index (χ0) is 23.3. The van der Waals surface area contributed by atoms with Crippen LogP contribution in [0.3, 0.4) is 0 Å². The van der Waals surface area contributed by atoms with Gasteiger partial charge in [-0.05, 0) is 85.0 Å². The van der Waals surface area contributed by atoms with Crippen molar-refractivity contribution in [2.24, 2.45) is 0 Å². The summed E-state index contributed by atoms with van der Waals surface area (Å²) in [5.41, 5.74) is 1.52. The van der Waals surface area contributed by atoms with Gasteiger partial charge in [0.2, 0.25) is 9.84 Å². The van der Waals surface area contributed by atoms with Gasteiger partial charge in [-0.1, -0.05) is 64.2 Å². The van der Waals surface area contributed by atoms with Gasteiger partial charge in [0, 0.05) is 0 Å². The van der Waals surface area contributed by atoms with E-state index in [1.807, 2.05) is 0 Å². The third-order valence-corrected chi connectivity index (χ3v) is 9.46. The Bertz CT molecular complexity index is 950. The fourth-order valence-corrected chi connectivity index (χ4v) is 7.05.